The van der Waals surface area contributed by atoms with Gasteiger partial charge in [-0.2, -0.15) is 4.79 Å². The van der Waals surface area contributed by atoms with Crippen molar-refractivity contribution in [1.29, 1.82) is 0 Å². The molecule has 0 N–H and O–H groups in total. The number of benzene rings is 1. The van der Waals surface area contributed by atoms with Crippen LogP contribution in [0, 0.1) is 6.92 Å². The van der Waals surface area contributed by atoms with Gasteiger partial charge in [0.1, 0.15) is 0 Å². The smallest absolute Gasteiger partial charge is 0.423 e. The molecule has 0 aliphatic carbocycles. The van der Waals surface area contributed by atoms with Crippen LogP contribution in [0.3, 0.4) is 0 Å². The van der Waals surface area contributed by atoms with Crippen molar-refractivity contribution in [2.24, 2.45) is 0 Å². The second-order valence-electron chi connectivity index (χ2n) is 4.59. The van der Waals surface area contributed by atoms with E-state index in [2.05, 4.69) is 11.4 Å². The summed E-state index contributed by atoms with van der Waals surface area (Å²) in [6.07, 6.45) is -1.10. The summed E-state index contributed by atoms with van der Waals surface area (Å²) >= 11 is 0. The summed E-state index contributed by atoms with van der Waals surface area (Å²) in [5.41, 5.74) is 10.5. The Hall–Kier alpha value is -2.72. The fourth-order valence-electron chi connectivity index (χ4n) is 1.64. The van der Waals surface area contributed by atoms with Gasteiger partial charge in [-0.25, -0.2) is 9.59 Å². The number of carbonyl (C=O) groups excluding carboxylic acids is 2. The van der Waals surface area contributed by atoms with E-state index < -0.39 is 18.0 Å². The number of nitrogens with zero attached hydrogens (tertiary/aromatic N) is 2. The third-order valence-corrected chi connectivity index (χ3v) is 2.88. The Labute approximate surface area is 129 Å². The highest BCUT2D eigenvalue weighted by Gasteiger charge is 2.30. The molecule has 1 atom stereocenters. The summed E-state index contributed by atoms with van der Waals surface area (Å²) in [6, 6.07) is 7.15. The van der Waals surface area contributed by atoms with Gasteiger partial charge in [-0.1, -0.05) is 36.4 Å². The first-order valence-electron chi connectivity index (χ1n) is 6.76. The van der Waals surface area contributed by atoms with E-state index in [9.17, 15) is 9.59 Å². The lowest BCUT2D eigenvalue weighted by molar-refractivity contribution is -0.163. The number of rotatable bonds is 6. The average molecular weight is 302 g/mol. The summed E-state index contributed by atoms with van der Waals surface area (Å²) < 4.78 is 9.65. The van der Waals surface area contributed by atoms with Crippen LogP contribution in [0.5, 0.6) is 0 Å². The van der Waals surface area contributed by atoms with Gasteiger partial charge in [-0.15, -0.1) is 0 Å². The number of carbonyl (C=O) groups is 2. The van der Waals surface area contributed by atoms with Gasteiger partial charge in [-0.05, 0) is 26.3 Å². The Balaban J connectivity index is 2.85. The monoisotopic (exact) mass is 302 g/mol. The molecule has 116 valence electrons. The predicted molar refractivity (Wildman–Crippen MR) is 81.0 cm³/mol. The first-order valence-corrected chi connectivity index (χ1v) is 6.76. The highest BCUT2D eigenvalue weighted by atomic mass is 16.6. The number of ether oxygens (including phenoxy) is 2. The number of hydrogen-bond acceptors (Lipinski definition) is 4. The van der Waals surface area contributed by atoms with E-state index in [0.717, 1.165) is 5.56 Å². The minimum atomic E-state index is -1.10. The summed E-state index contributed by atoms with van der Waals surface area (Å²) in [7, 11) is 0. The second-order valence-corrected chi connectivity index (χ2v) is 4.59. The maximum absolute atomic E-state index is 12.0. The van der Waals surface area contributed by atoms with Gasteiger partial charge in [0.05, 0.1) is 12.2 Å². The minimum Gasteiger partial charge on any atom is -0.463 e. The Bertz CT molecular complexity index is 628. The molecule has 0 fully saturated rings. The van der Waals surface area contributed by atoms with E-state index in [1.165, 1.54) is 6.92 Å². The summed E-state index contributed by atoms with van der Waals surface area (Å²) in [5.74, 6) is -1.62. The van der Waals surface area contributed by atoms with Crippen molar-refractivity contribution in [3.63, 3.8) is 0 Å². The lowest BCUT2D eigenvalue weighted by Gasteiger charge is -2.10. The van der Waals surface area contributed by atoms with Gasteiger partial charge in [0.15, 0.2) is 6.10 Å². The van der Waals surface area contributed by atoms with Crippen molar-refractivity contribution in [1.82, 2.24) is 0 Å². The number of hydrogen-bond donors (Lipinski definition) is 0. The highest BCUT2D eigenvalue weighted by Crippen LogP contribution is 2.15. The molecule has 0 spiro atoms. The third kappa shape index (κ3) is 4.40. The predicted octanol–water partition coefficient (Wildman–Crippen LogP) is 2.17. The van der Waals surface area contributed by atoms with Gasteiger partial charge in [0.2, 0.25) is 0 Å². The van der Waals surface area contributed by atoms with Crippen LogP contribution < -0.4 is 0 Å². The lowest BCUT2D eigenvalue weighted by atomic mass is 10.0. The maximum Gasteiger partial charge on any atom is 0.423 e. The molecular formula is C16H18N2O4. The van der Waals surface area contributed by atoms with Crippen molar-refractivity contribution < 1.29 is 23.9 Å². The van der Waals surface area contributed by atoms with Gasteiger partial charge in [-0.3, -0.25) is 0 Å². The SMILES string of the molecule is C=C(C(=[N+]=[N-])C(=O)O[C@@H](C)C(=O)OCC)c1ccc(C)cc1. The Morgan fingerprint density at radius 3 is 2.41 bits per heavy atom. The van der Waals surface area contributed by atoms with Crippen LogP contribution in [0.4, 0.5) is 0 Å². The lowest BCUT2D eigenvalue weighted by Crippen LogP contribution is -2.30. The van der Waals surface area contributed by atoms with Gasteiger partial charge < -0.3 is 15.0 Å². The van der Waals surface area contributed by atoms with E-state index in [1.807, 2.05) is 19.1 Å². The summed E-state index contributed by atoms with van der Waals surface area (Å²) in [5, 5.41) is 0. The van der Waals surface area contributed by atoms with E-state index in [1.54, 1.807) is 19.1 Å². The molecule has 1 aromatic carbocycles. The zero-order chi connectivity index (χ0) is 16.7. The zero-order valence-electron chi connectivity index (χ0n) is 12.8. The number of aryl methyl sites for hydroxylation is 1. The first kappa shape index (κ1) is 17.3. The molecule has 0 unspecified atom stereocenters. The van der Waals surface area contributed by atoms with Crippen molar-refractivity contribution in [2.75, 3.05) is 6.61 Å². The molecule has 6 heteroatoms. The molecule has 0 saturated carbocycles. The van der Waals surface area contributed by atoms with E-state index >= 15 is 0 Å². The fourth-order valence-corrected chi connectivity index (χ4v) is 1.64. The minimum absolute atomic E-state index is 0.178. The topological polar surface area (TPSA) is 89.0 Å². The van der Waals surface area contributed by atoms with Crippen LogP contribution in [0.2, 0.25) is 0 Å². The molecule has 0 aliphatic rings. The Kier molecular flexibility index (Phi) is 6.23. The van der Waals surface area contributed by atoms with Gasteiger partial charge in [0, 0.05) is 0 Å². The molecule has 0 radical (unpaired) electrons. The van der Waals surface area contributed by atoms with Gasteiger partial charge in [0.25, 0.3) is 0 Å². The van der Waals surface area contributed by atoms with E-state index in [0.29, 0.717) is 5.56 Å². The second kappa shape index (κ2) is 7.90. The molecule has 1 rings (SSSR count). The van der Waals surface area contributed by atoms with Crippen LogP contribution in [0.1, 0.15) is 25.0 Å². The normalized spacial score (nSPS) is 11.0. The Morgan fingerprint density at radius 2 is 1.91 bits per heavy atom. The maximum atomic E-state index is 12.0. The molecule has 0 aliphatic heterocycles. The average Bonchev–Trinajstić information content (AvgIpc) is 2.48. The Morgan fingerprint density at radius 1 is 1.32 bits per heavy atom. The van der Waals surface area contributed by atoms with Crippen molar-refractivity contribution in [2.45, 2.75) is 26.9 Å². The molecule has 6 nitrogen and oxygen atoms in total. The largest absolute Gasteiger partial charge is 0.463 e. The van der Waals surface area contributed by atoms with Crippen molar-refractivity contribution in [3.05, 3.63) is 47.5 Å². The number of esters is 2. The van der Waals surface area contributed by atoms with Crippen LogP contribution in [0.15, 0.2) is 30.8 Å². The third-order valence-electron chi connectivity index (χ3n) is 2.88. The molecule has 0 bridgehead atoms. The van der Waals surface area contributed by atoms with Crippen LogP contribution in [-0.4, -0.2) is 35.2 Å². The molecular weight excluding hydrogens is 284 g/mol. The molecule has 0 heterocycles. The standard InChI is InChI=1S/C16H18N2O4/c1-5-21-15(19)12(4)22-16(20)14(18-17)11(3)13-8-6-10(2)7-9-13/h6-9,12H,3,5H2,1-2,4H3/t12-/m0/s1. The van der Waals surface area contributed by atoms with E-state index in [-0.39, 0.29) is 17.9 Å². The molecule has 0 saturated heterocycles. The van der Waals surface area contributed by atoms with E-state index in [4.69, 9.17) is 15.0 Å². The van der Waals surface area contributed by atoms with Crippen LogP contribution >= 0.6 is 0 Å². The molecule has 22 heavy (non-hydrogen) atoms. The van der Waals surface area contributed by atoms with Crippen LogP contribution in [0.25, 0.3) is 11.1 Å². The van der Waals surface area contributed by atoms with Crippen LogP contribution in [-0.2, 0) is 19.1 Å². The summed E-state index contributed by atoms with van der Waals surface area (Å²) in [4.78, 5) is 26.4. The molecule has 1 aromatic rings. The highest BCUT2D eigenvalue weighted by molar-refractivity contribution is 6.51. The van der Waals surface area contributed by atoms with Gasteiger partial charge >= 0.3 is 17.7 Å². The molecule has 0 aromatic heterocycles. The molecule has 0 amide bonds. The quantitative estimate of drug-likeness (QED) is 0.348. The first-order chi connectivity index (χ1) is 10.4. The summed E-state index contributed by atoms with van der Waals surface area (Å²) in [6.45, 7) is 8.85. The van der Waals surface area contributed by atoms with Crippen molar-refractivity contribution in [3.8, 4) is 0 Å². The zero-order valence-corrected chi connectivity index (χ0v) is 12.8. The van der Waals surface area contributed by atoms with Crippen molar-refractivity contribution >= 4 is 23.2 Å². The fraction of sp³-hybridized carbons (Fsp3) is 0.312.